The molecule has 0 radical (unpaired) electrons. The molecule has 2 heterocycles. The van der Waals surface area contributed by atoms with Crippen LogP contribution in [0.15, 0.2) is 54.6 Å². The predicted molar refractivity (Wildman–Crippen MR) is 104 cm³/mol. The molecule has 1 N–H and O–H groups in total. The molecule has 6 heteroatoms. The van der Waals surface area contributed by atoms with E-state index >= 15 is 0 Å². The lowest BCUT2D eigenvalue weighted by atomic mass is 10.0. The van der Waals surface area contributed by atoms with E-state index in [4.69, 9.17) is 0 Å². The van der Waals surface area contributed by atoms with E-state index in [-0.39, 0.29) is 0 Å². The van der Waals surface area contributed by atoms with Crippen LogP contribution in [0.1, 0.15) is 17.5 Å². The molecule has 0 saturated carbocycles. The van der Waals surface area contributed by atoms with Crippen LogP contribution >= 0.6 is 0 Å². The number of nitrogens with zero attached hydrogens (tertiary/aromatic N) is 2. The van der Waals surface area contributed by atoms with Gasteiger partial charge in [0.05, 0.1) is 0 Å². The van der Waals surface area contributed by atoms with Crippen molar-refractivity contribution in [2.45, 2.75) is 19.4 Å². The average Bonchev–Trinajstić information content (AvgIpc) is 3.16. The minimum atomic E-state index is -3.43. The second-order valence-corrected chi connectivity index (χ2v) is 8.90. The molecule has 1 atom stereocenters. The van der Waals surface area contributed by atoms with Gasteiger partial charge in [0, 0.05) is 38.4 Å². The minimum absolute atomic E-state index is 0.349. The molecule has 0 spiro atoms. The Morgan fingerprint density at radius 3 is 2.50 bits per heavy atom. The molecule has 2 aromatic rings. The van der Waals surface area contributed by atoms with Crippen molar-refractivity contribution in [1.29, 1.82) is 0 Å². The summed E-state index contributed by atoms with van der Waals surface area (Å²) in [6.45, 7) is 3.39. The van der Waals surface area contributed by atoms with E-state index in [1.54, 1.807) is 4.31 Å². The SMILES string of the molecule is O=S(=O)(NCC1CCN(c2ccccc2)C1)N1CCc2ccccc2C1. The maximum atomic E-state index is 12.7. The quantitative estimate of drug-likeness (QED) is 0.878. The third-order valence-corrected chi connectivity index (χ3v) is 6.92. The van der Waals surface area contributed by atoms with E-state index in [9.17, 15) is 8.42 Å². The van der Waals surface area contributed by atoms with Crippen molar-refractivity contribution in [1.82, 2.24) is 9.03 Å². The zero-order valence-electron chi connectivity index (χ0n) is 14.8. The molecule has 2 aliphatic heterocycles. The summed E-state index contributed by atoms with van der Waals surface area (Å²) >= 11 is 0. The third kappa shape index (κ3) is 3.77. The summed E-state index contributed by atoms with van der Waals surface area (Å²) in [7, 11) is -3.43. The highest BCUT2D eigenvalue weighted by Crippen LogP contribution is 2.24. The molecule has 1 unspecified atom stereocenters. The highest BCUT2D eigenvalue weighted by Gasteiger charge is 2.29. The Morgan fingerprint density at radius 2 is 1.69 bits per heavy atom. The molecule has 0 aromatic heterocycles. The fourth-order valence-electron chi connectivity index (χ4n) is 3.86. The number of rotatable bonds is 5. The van der Waals surface area contributed by atoms with Crippen molar-refractivity contribution in [3.63, 3.8) is 0 Å². The van der Waals surface area contributed by atoms with Gasteiger partial charge in [-0.2, -0.15) is 12.7 Å². The number of para-hydroxylation sites is 1. The van der Waals surface area contributed by atoms with Crippen molar-refractivity contribution < 1.29 is 8.42 Å². The first-order valence-electron chi connectivity index (χ1n) is 9.23. The summed E-state index contributed by atoms with van der Waals surface area (Å²) in [5, 5.41) is 0. The summed E-state index contributed by atoms with van der Waals surface area (Å²) < 4.78 is 29.8. The van der Waals surface area contributed by atoms with E-state index < -0.39 is 10.2 Å². The Morgan fingerprint density at radius 1 is 0.962 bits per heavy atom. The van der Waals surface area contributed by atoms with Crippen molar-refractivity contribution in [2.75, 3.05) is 31.1 Å². The minimum Gasteiger partial charge on any atom is -0.371 e. The highest BCUT2D eigenvalue weighted by atomic mass is 32.2. The van der Waals surface area contributed by atoms with Gasteiger partial charge in [-0.1, -0.05) is 42.5 Å². The first-order chi connectivity index (χ1) is 12.6. The smallest absolute Gasteiger partial charge is 0.279 e. The maximum Gasteiger partial charge on any atom is 0.279 e. The fourth-order valence-corrected chi connectivity index (χ4v) is 5.13. The van der Waals surface area contributed by atoms with E-state index in [1.807, 2.05) is 36.4 Å². The summed E-state index contributed by atoms with van der Waals surface area (Å²) in [5.74, 6) is 0.349. The van der Waals surface area contributed by atoms with Crippen LogP contribution in [-0.4, -0.2) is 38.9 Å². The summed E-state index contributed by atoms with van der Waals surface area (Å²) in [5.41, 5.74) is 3.58. The lowest BCUT2D eigenvalue weighted by Crippen LogP contribution is -2.45. The number of anilines is 1. The number of hydrogen-bond donors (Lipinski definition) is 1. The molecule has 138 valence electrons. The standard InChI is InChI=1S/C20H25N3O2S/c24-26(25,23-13-11-18-6-4-5-7-19(18)16-23)21-14-17-10-12-22(15-17)20-8-2-1-3-9-20/h1-9,17,21H,10-16H2. The van der Waals surface area contributed by atoms with Gasteiger partial charge in [-0.15, -0.1) is 0 Å². The Hall–Kier alpha value is -1.89. The maximum absolute atomic E-state index is 12.7. The van der Waals surface area contributed by atoms with Gasteiger partial charge in [-0.25, -0.2) is 4.72 Å². The van der Waals surface area contributed by atoms with E-state index in [0.717, 1.165) is 31.5 Å². The van der Waals surface area contributed by atoms with Crippen molar-refractivity contribution in [3.05, 3.63) is 65.7 Å². The number of fused-ring (bicyclic) bond motifs is 1. The van der Waals surface area contributed by atoms with Crippen LogP contribution in [-0.2, 0) is 23.2 Å². The number of hydrogen-bond acceptors (Lipinski definition) is 3. The molecular weight excluding hydrogens is 346 g/mol. The summed E-state index contributed by atoms with van der Waals surface area (Å²) in [4.78, 5) is 2.33. The van der Waals surface area contributed by atoms with Crippen LogP contribution < -0.4 is 9.62 Å². The van der Waals surface area contributed by atoms with Gasteiger partial charge in [0.2, 0.25) is 0 Å². The highest BCUT2D eigenvalue weighted by molar-refractivity contribution is 7.87. The van der Waals surface area contributed by atoms with Gasteiger partial charge >= 0.3 is 0 Å². The topological polar surface area (TPSA) is 52.7 Å². The molecule has 4 rings (SSSR count). The summed E-state index contributed by atoms with van der Waals surface area (Å²) in [6, 6.07) is 18.4. The Bertz CT molecular complexity index is 854. The van der Waals surface area contributed by atoms with Gasteiger partial charge in [-0.3, -0.25) is 0 Å². The number of nitrogens with one attached hydrogen (secondary N) is 1. The van der Waals surface area contributed by atoms with Gasteiger partial charge in [0.25, 0.3) is 10.2 Å². The van der Waals surface area contributed by atoms with Crippen LogP contribution in [0.25, 0.3) is 0 Å². The molecule has 0 amide bonds. The van der Waals surface area contributed by atoms with Crippen LogP contribution in [0.4, 0.5) is 5.69 Å². The zero-order chi connectivity index (χ0) is 18.0. The first kappa shape index (κ1) is 17.5. The lowest BCUT2D eigenvalue weighted by Gasteiger charge is -2.28. The zero-order valence-corrected chi connectivity index (χ0v) is 15.7. The average molecular weight is 372 g/mol. The molecular formula is C20H25N3O2S. The van der Waals surface area contributed by atoms with Crippen LogP contribution in [0.5, 0.6) is 0 Å². The van der Waals surface area contributed by atoms with Crippen molar-refractivity contribution in [2.24, 2.45) is 5.92 Å². The van der Waals surface area contributed by atoms with E-state index in [0.29, 0.717) is 25.6 Å². The first-order valence-corrected chi connectivity index (χ1v) is 10.7. The molecule has 1 fully saturated rings. The fraction of sp³-hybridized carbons (Fsp3) is 0.400. The molecule has 0 bridgehead atoms. The summed E-state index contributed by atoms with van der Waals surface area (Å²) in [6.07, 6.45) is 1.79. The van der Waals surface area contributed by atoms with Gasteiger partial charge in [0.15, 0.2) is 0 Å². The lowest BCUT2D eigenvalue weighted by molar-refractivity contribution is 0.380. The molecule has 2 aromatic carbocycles. The van der Waals surface area contributed by atoms with Gasteiger partial charge in [-0.05, 0) is 42.0 Å². The molecule has 1 saturated heterocycles. The van der Waals surface area contributed by atoms with Crippen LogP contribution in [0, 0.1) is 5.92 Å². The normalized spacial score (nSPS) is 20.9. The van der Waals surface area contributed by atoms with Crippen LogP contribution in [0.3, 0.4) is 0 Å². The Balaban J connectivity index is 1.33. The Labute approximate surface area is 155 Å². The monoisotopic (exact) mass is 371 g/mol. The van der Waals surface area contributed by atoms with E-state index in [2.05, 4.69) is 27.8 Å². The molecule has 0 aliphatic carbocycles. The predicted octanol–water partition coefficient (Wildman–Crippen LogP) is 2.41. The largest absolute Gasteiger partial charge is 0.371 e. The van der Waals surface area contributed by atoms with E-state index in [1.165, 1.54) is 11.3 Å². The molecule has 2 aliphatic rings. The van der Waals surface area contributed by atoms with Crippen LogP contribution in [0.2, 0.25) is 0 Å². The molecule has 5 nitrogen and oxygen atoms in total. The van der Waals surface area contributed by atoms with Gasteiger partial charge in [0.1, 0.15) is 0 Å². The second-order valence-electron chi connectivity index (χ2n) is 7.14. The third-order valence-electron chi connectivity index (χ3n) is 5.40. The Kier molecular flexibility index (Phi) is 4.98. The molecule has 26 heavy (non-hydrogen) atoms. The van der Waals surface area contributed by atoms with Crippen molar-refractivity contribution in [3.8, 4) is 0 Å². The van der Waals surface area contributed by atoms with Crippen molar-refractivity contribution >= 4 is 15.9 Å². The number of benzene rings is 2. The second kappa shape index (κ2) is 7.39. The van der Waals surface area contributed by atoms with Gasteiger partial charge < -0.3 is 4.90 Å².